The quantitative estimate of drug-likeness (QED) is 0.172. The molecule has 2 amide bonds. The lowest BCUT2D eigenvalue weighted by molar-refractivity contribution is -0.150. The summed E-state index contributed by atoms with van der Waals surface area (Å²) < 4.78 is 0. The summed E-state index contributed by atoms with van der Waals surface area (Å²) in [7, 11) is 0. The molecule has 14 heteroatoms. The maximum Gasteiger partial charge on any atom is 0.353 e. The molecule has 2 atom stereocenters. The molecular formula is C20H20N6O5S3. The monoisotopic (exact) mass is 520 g/mol. The van der Waals surface area contributed by atoms with Crippen molar-refractivity contribution in [2.45, 2.75) is 24.8 Å². The van der Waals surface area contributed by atoms with Crippen LogP contribution in [0.4, 0.5) is 5.13 Å². The van der Waals surface area contributed by atoms with E-state index in [0.29, 0.717) is 22.8 Å². The summed E-state index contributed by atoms with van der Waals surface area (Å²) >= 11 is 3.82. The number of hydrogen-bond acceptors (Lipinski definition) is 11. The van der Waals surface area contributed by atoms with Gasteiger partial charge in [-0.2, -0.15) is 0 Å². The number of rotatable bonds is 8. The van der Waals surface area contributed by atoms with Gasteiger partial charge in [-0.25, -0.2) is 9.78 Å². The van der Waals surface area contributed by atoms with Crippen molar-refractivity contribution in [2.24, 2.45) is 5.16 Å². The van der Waals surface area contributed by atoms with E-state index >= 15 is 0 Å². The number of aromatic nitrogens is 2. The third-order valence-corrected chi connectivity index (χ3v) is 8.31. The van der Waals surface area contributed by atoms with Gasteiger partial charge in [-0.15, -0.1) is 34.9 Å². The van der Waals surface area contributed by atoms with E-state index in [0.717, 1.165) is 22.7 Å². The van der Waals surface area contributed by atoms with Gasteiger partial charge in [0.25, 0.3) is 11.8 Å². The molecule has 0 aliphatic carbocycles. The van der Waals surface area contributed by atoms with Gasteiger partial charge in [-0.05, 0) is 25.5 Å². The highest BCUT2D eigenvalue weighted by Gasteiger charge is 2.54. The molecule has 0 bridgehead atoms. The third kappa shape index (κ3) is 4.74. The number of carbonyl (C=O) groups excluding carboxylic acids is 2. The number of carbonyl (C=O) groups is 3. The number of anilines is 1. The Bertz CT molecular complexity index is 1210. The van der Waals surface area contributed by atoms with Crippen LogP contribution >= 0.6 is 34.9 Å². The summed E-state index contributed by atoms with van der Waals surface area (Å²) in [5.74, 6) is -1.55. The minimum atomic E-state index is -1.20. The number of fused-ring (bicyclic) bond motifs is 1. The van der Waals surface area contributed by atoms with Gasteiger partial charge in [0, 0.05) is 33.2 Å². The molecule has 2 aromatic heterocycles. The maximum absolute atomic E-state index is 12.8. The number of nitrogens with two attached hydrogens (primary N) is 1. The number of amides is 2. The number of nitrogen functional groups attached to an aromatic ring is 1. The molecule has 0 spiro atoms. The molecule has 34 heavy (non-hydrogen) atoms. The predicted octanol–water partition coefficient (Wildman–Crippen LogP) is 1.28. The predicted molar refractivity (Wildman–Crippen MR) is 130 cm³/mol. The van der Waals surface area contributed by atoms with Gasteiger partial charge in [0.15, 0.2) is 10.8 Å². The Labute approximate surface area is 206 Å². The van der Waals surface area contributed by atoms with E-state index in [4.69, 9.17) is 5.73 Å². The third-order valence-electron chi connectivity index (χ3n) is 5.08. The summed E-state index contributed by atoms with van der Waals surface area (Å²) in [6, 6.07) is 4.80. The average molecular weight is 521 g/mol. The maximum atomic E-state index is 12.8. The van der Waals surface area contributed by atoms with Crippen molar-refractivity contribution >= 4 is 63.5 Å². The van der Waals surface area contributed by atoms with Crippen molar-refractivity contribution in [1.82, 2.24) is 20.2 Å². The van der Waals surface area contributed by atoms with E-state index in [1.807, 2.05) is 25.1 Å². The van der Waals surface area contributed by atoms with Crippen molar-refractivity contribution in [3.05, 3.63) is 51.3 Å². The summed E-state index contributed by atoms with van der Waals surface area (Å²) in [6.07, 6.45) is 0.661. The first kappa shape index (κ1) is 24.0. The Morgan fingerprint density at radius 3 is 2.82 bits per heavy atom. The number of aliphatic carboxylic acids is 1. The van der Waals surface area contributed by atoms with Gasteiger partial charge < -0.3 is 21.4 Å². The first-order valence-electron chi connectivity index (χ1n) is 10.0. The number of β-lactam (4-membered cyclic amide) rings is 1. The standard InChI is InChI=1S/C20H20N6O5S3/c1-9-3-2-4-10(22-9)5-6-32-12-8-33-18-14(17(28)26(18)15(12)19(29)30)24-16(27)13(25-31)11-7-34-20(21)23-11/h2-4,7,14,18,31H,5-6,8H2,1H3,(H2,21,23)(H,24,27)(H,29,30)/b25-13-/t14-,18-/m1/s1. The van der Waals surface area contributed by atoms with Crippen LogP contribution in [0, 0.1) is 6.92 Å². The van der Waals surface area contributed by atoms with Crippen LogP contribution in [0.25, 0.3) is 0 Å². The number of carboxylic acid groups (broad SMARTS) is 1. The highest BCUT2D eigenvalue weighted by atomic mass is 32.2. The Morgan fingerprint density at radius 1 is 1.38 bits per heavy atom. The van der Waals surface area contributed by atoms with Gasteiger partial charge in [0.1, 0.15) is 22.8 Å². The van der Waals surface area contributed by atoms with Crippen molar-refractivity contribution in [2.75, 3.05) is 17.2 Å². The van der Waals surface area contributed by atoms with Crippen LogP contribution in [0.1, 0.15) is 17.1 Å². The van der Waals surface area contributed by atoms with Crippen LogP contribution in [0.2, 0.25) is 0 Å². The highest BCUT2D eigenvalue weighted by Crippen LogP contribution is 2.43. The molecule has 1 saturated heterocycles. The molecule has 4 rings (SSSR count). The van der Waals surface area contributed by atoms with Crippen molar-refractivity contribution in [1.29, 1.82) is 0 Å². The Hall–Kier alpha value is -3.10. The number of oxime groups is 1. The SMILES string of the molecule is Cc1cccc(CCSC2=C(C(=O)O)N3C(=O)[C@@H](NC(=O)/C(=N\O)c4csc(N)n4)[C@H]3SC2)n1. The molecule has 11 nitrogen and oxygen atoms in total. The molecule has 1 fully saturated rings. The van der Waals surface area contributed by atoms with Crippen molar-refractivity contribution in [3.8, 4) is 0 Å². The number of hydrogen-bond donors (Lipinski definition) is 4. The Morgan fingerprint density at radius 2 is 2.18 bits per heavy atom. The minimum absolute atomic E-state index is 0.0650. The van der Waals surface area contributed by atoms with Crippen LogP contribution in [0.3, 0.4) is 0 Å². The molecule has 2 aromatic rings. The molecule has 0 radical (unpaired) electrons. The van der Waals surface area contributed by atoms with Gasteiger partial charge in [-0.1, -0.05) is 11.2 Å². The van der Waals surface area contributed by atoms with Gasteiger partial charge in [0.05, 0.1) is 0 Å². The zero-order chi connectivity index (χ0) is 24.4. The van der Waals surface area contributed by atoms with E-state index in [-0.39, 0.29) is 22.2 Å². The molecule has 0 unspecified atom stereocenters. The molecule has 4 heterocycles. The minimum Gasteiger partial charge on any atom is -0.477 e. The van der Waals surface area contributed by atoms with E-state index in [1.54, 1.807) is 0 Å². The van der Waals surface area contributed by atoms with Crippen LogP contribution in [-0.2, 0) is 20.8 Å². The summed E-state index contributed by atoms with van der Waals surface area (Å²) in [4.78, 5) is 47.6. The van der Waals surface area contributed by atoms with Crippen LogP contribution in [-0.4, -0.2) is 71.6 Å². The van der Waals surface area contributed by atoms with E-state index in [9.17, 15) is 24.7 Å². The molecular weight excluding hydrogens is 500 g/mol. The second kappa shape index (κ2) is 10.0. The van der Waals surface area contributed by atoms with E-state index in [1.165, 1.54) is 33.8 Å². The number of carboxylic acids is 1. The lowest BCUT2D eigenvalue weighted by Crippen LogP contribution is -2.71. The summed E-state index contributed by atoms with van der Waals surface area (Å²) in [6.45, 7) is 1.91. The second-order valence-electron chi connectivity index (χ2n) is 7.33. The number of pyridine rings is 1. The lowest BCUT2D eigenvalue weighted by Gasteiger charge is -2.49. The number of aryl methyl sites for hydroxylation is 2. The normalized spacial score (nSPS) is 20.1. The largest absolute Gasteiger partial charge is 0.477 e. The number of thioether (sulfide) groups is 2. The smallest absolute Gasteiger partial charge is 0.353 e. The van der Waals surface area contributed by atoms with Crippen molar-refractivity contribution < 1.29 is 24.7 Å². The fraction of sp³-hybridized carbons (Fsp3) is 0.300. The first-order chi connectivity index (χ1) is 16.3. The van der Waals surface area contributed by atoms with Crippen LogP contribution in [0.15, 0.2) is 39.3 Å². The zero-order valence-corrected chi connectivity index (χ0v) is 20.2. The molecule has 0 saturated carbocycles. The highest BCUT2D eigenvalue weighted by molar-refractivity contribution is 8.06. The zero-order valence-electron chi connectivity index (χ0n) is 17.8. The number of nitrogens with zero attached hydrogens (tertiary/aromatic N) is 4. The molecule has 178 valence electrons. The van der Waals surface area contributed by atoms with E-state index < -0.39 is 29.2 Å². The van der Waals surface area contributed by atoms with Crippen LogP contribution < -0.4 is 11.1 Å². The molecule has 2 aliphatic heterocycles. The Kier molecular flexibility index (Phi) is 7.09. The molecule has 0 aromatic carbocycles. The summed E-state index contributed by atoms with van der Waals surface area (Å²) in [5.41, 5.74) is 7.02. The molecule has 5 N–H and O–H groups in total. The van der Waals surface area contributed by atoms with Crippen LogP contribution in [0.5, 0.6) is 0 Å². The fourth-order valence-electron chi connectivity index (χ4n) is 3.54. The number of nitrogens with one attached hydrogen (secondary N) is 1. The van der Waals surface area contributed by atoms with Gasteiger partial charge in [0.2, 0.25) is 0 Å². The van der Waals surface area contributed by atoms with Gasteiger partial charge >= 0.3 is 5.97 Å². The lowest BCUT2D eigenvalue weighted by atomic mass is 10.0. The van der Waals surface area contributed by atoms with E-state index in [2.05, 4.69) is 20.4 Å². The molecule has 2 aliphatic rings. The summed E-state index contributed by atoms with van der Waals surface area (Å²) in [5, 5.41) is 25.6. The Balaban J connectivity index is 1.43. The average Bonchev–Trinajstić information content (AvgIpc) is 3.23. The fourth-order valence-corrected chi connectivity index (χ4v) is 6.70. The van der Waals surface area contributed by atoms with Gasteiger partial charge in [-0.3, -0.25) is 19.5 Å². The topological polar surface area (TPSA) is 171 Å². The number of thiazole rings is 1. The van der Waals surface area contributed by atoms with Crippen molar-refractivity contribution in [3.63, 3.8) is 0 Å². The first-order valence-corrected chi connectivity index (χ1v) is 12.9. The second-order valence-corrected chi connectivity index (χ2v) is 10.5.